The van der Waals surface area contributed by atoms with Gasteiger partial charge in [0.05, 0.1) is 19.6 Å². The van der Waals surface area contributed by atoms with E-state index in [0.29, 0.717) is 5.75 Å². The monoisotopic (exact) mass is 401 g/mol. The van der Waals surface area contributed by atoms with Gasteiger partial charge in [0.15, 0.2) is 0 Å². The van der Waals surface area contributed by atoms with Crippen LogP contribution < -0.4 is 17.0 Å². The molecule has 1 aromatic carbocycles. The first kappa shape index (κ1) is 25.2. The number of quaternary nitrogens is 1. The van der Waals surface area contributed by atoms with Crippen LogP contribution >= 0.6 is 0 Å². The largest absolute Gasteiger partial charge is 1.00 e. The van der Waals surface area contributed by atoms with Crippen molar-refractivity contribution in [3.8, 4) is 5.75 Å². The van der Waals surface area contributed by atoms with E-state index in [0.717, 1.165) is 43.8 Å². The SMILES string of the molecule is CCN=C(N(CC)CC)[N+](CC)(CC)CC.Oc1ccccc1.[Br-]. The standard InChI is InChI=1S/C13H30N3.C6H6O.BrH/c1-7-14-13(15(8-2)9-3)16(10-4,11-5)12-6;7-6-4-2-1-3-5-6;/h7-12H2,1-6H3;1-5,7H;1H/q+1;;/p-1. The highest BCUT2D eigenvalue weighted by Gasteiger charge is 2.32. The van der Waals surface area contributed by atoms with E-state index in [2.05, 4.69) is 46.4 Å². The average Bonchev–Trinajstić information content (AvgIpc) is 2.59. The highest BCUT2D eigenvalue weighted by atomic mass is 79.9. The Morgan fingerprint density at radius 3 is 1.62 bits per heavy atom. The predicted molar refractivity (Wildman–Crippen MR) is 101 cm³/mol. The van der Waals surface area contributed by atoms with Crippen molar-refractivity contribution in [1.82, 2.24) is 4.90 Å². The molecule has 0 atom stereocenters. The van der Waals surface area contributed by atoms with Crippen LogP contribution in [0.25, 0.3) is 0 Å². The number of phenols is 1. The molecule has 0 aromatic heterocycles. The number of para-hydroxylation sites is 1. The minimum absolute atomic E-state index is 0. The molecular formula is C19H36BrN3O. The lowest BCUT2D eigenvalue weighted by Crippen LogP contribution is -3.00. The Kier molecular flexibility index (Phi) is 15.0. The van der Waals surface area contributed by atoms with Gasteiger partial charge >= 0.3 is 0 Å². The molecule has 5 heteroatoms. The molecule has 0 amide bonds. The van der Waals surface area contributed by atoms with Crippen molar-refractivity contribution in [2.45, 2.75) is 41.5 Å². The second kappa shape index (κ2) is 14.3. The van der Waals surface area contributed by atoms with Crippen molar-refractivity contribution in [3.05, 3.63) is 30.3 Å². The third-order valence-corrected chi connectivity index (χ3v) is 4.34. The van der Waals surface area contributed by atoms with Crippen LogP contribution in [0.5, 0.6) is 5.75 Å². The Bertz CT molecular complexity index is 421. The molecule has 0 aliphatic rings. The van der Waals surface area contributed by atoms with Crippen LogP contribution in [0.15, 0.2) is 35.3 Å². The van der Waals surface area contributed by atoms with Gasteiger partial charge in [-0.1, -0.05) is 18.2 Å². The minimum Gasteiger partial charge on any atom is -1.00 e. The molecule has 0 saturated carbocycles. The summed E-state index contributed by atoms with van der Waals surface area (Å²) < 4.78 is 1.01. The Morgan fingerprint density at radius 2 is 1.38 bits per heavy atom. The van der Waals surface area contributed by atoms with Crippen LogP contribution in [-0.2, 0) is 0 Å². The summed E-state index contributed by atoms with van der Waals surface area (Å²) in [5.41, 5.74) is 0. The van der Waals surface area contributed by atoms with Gasteiger partial charge in [-0.15, -0.1) is 0 Å². The zero-order chi connectivity index (χ0) is 17.7. The molecule has 140 valence electrons. The maximum atomic E-state index is 8.63. The molecule has 1 aromatic rings. The van der Waals surface area contributed by atoms with E-state index in [1.54, 1.807) is 24.3 Å². The number of hydrogen-bond donors (Lipinski definition) is 1. The van der Waals surface area contributed by atoms with Gasteiger partial charge in [0.25, 0.3) is 5.96 Å². The number of rotatable bonds is 6. The first-order valence-corrected chi connectivity index (χ1v) is 8.95. The summed E-state index contributed by atoms with van der Waals surface area (Å²) in [4.78, 5) is 7.17. The van der Waals surface area contributed by atoms with E-state index < -0.39 is 0 Å². The number of halogens is 1. The van der Waals surface area contributed by atoms with E-state index in [1.807, 2.05) is 6.07 Å². The molecule has 0 aliphatic heterocycles. The molecular weight excluding hydrogens is 366 g/mol. The number of phenolic OH excluding ortho intramolecular Hbond substituents is 1. The third kappa shape index (κ3) is 7.67. The van der Waals surface area contributed by atoms with Gasteiger partial charge < -0.3 is 27.0 Å². The number of nitrogens with zero attached hydrogens (tertiary/aromatic N) is 3. The summed E-state index contributed by atoms with van der Waals surface area (Å²) in [5.74, 6) is 1.60. The van der Waals surface area contributed by atoms with Crippen LogP contribution in [0.3, 0.4) is 0 Å². The lowest BCUT2D eigenvalue weighted by Gasteiger charge is -2.39. The molecule has 4 nitrogen and oxygen atoms in total. The Balaban J connectivity index is 0. The molecule has 0 bridgehead atoms. The molecule has 0 saturated heterocycles. The first-order valence-electron chi connectivity index (χ1n) is 8.95. The maximum Gasteiger partial charge on any atom is 0.300 e. The molecule has 1 rings (SSSR count). The molecule has 0 heterocycles. The second-order valence-electron chi connectivity index (χ2n) is 5.38. The minimum atomic E-state index is 0. The molecule has 0 radical (unpaired) electrons. The normalized spacial score (nSPS) is 11.2. The van der Waals surface area contributed by atoms with Crippen molar-refractivity contribution in [1.29, 1.82) is 0 Å². The zero-order valence-electron chi connectivity index (χ0n) is 16.3. The summed E-state index contributed by atoms with van der Waals surface area (Å²) in [6.07, 6.45) is 0. The lowest BCUT2D eigenvalue weighted by atomic mass is 10.3. The Morgan fingerprint density at radius 1 is 0.917 bits per heavy atom. The summed E-state index contributed by atoms with van der Waals surface area (Å²) in [6, 6.07) is 8.71. The summed E-state index contributed by atoms with van der Waals surface area (Å²) in [7, 11) is 0. The number of guanidine groups is 1. The predicted octanol–water partition coefficient (Wildman–Crippen LogP) is 0.977. The summed E-state index contributed by atoms with van der Waals surface area (Å²) >= 11 is 0. The number of aromatic hydroxyl groups is 1. The molecule has 0 fully saturated rings. The van der Waals surface area contributed by atoms with E-state index in [-0.39, 0.29) is 17.0 Å². The van der Waals surface area contributed by atoms with E-state index in [1.165, 1.54) is 5.96 Å². The smallest absolute Gasteiger partial charge is 0.300 e. The van der Waals surface area contributed by atoms with Crippen molar-refractivity contribution in [3.63, 3.8) is 0 Å². The Hall–Kier alpha value is -1.07. The van der Waals surface area contributed by atoms with Gasteiger partial charge in [-0.05, 0) is 53.7 Å². The molecule has 1 N–H and O–H groups in total. The fourth-order valence-electron chi connectivity index (χ4n) is 2.72. The van der Waals surface area contributed by atoms with Gasteiger partial charge in [-0.2, -0.15) is 0 Å². The van der Waals surface area contributed by atoms with Gasteiger partial charge in [-0.3, -0.25) is 4.48 Å². The van der Waals surface area contributed by atoms with Gasteiger partial charge in [0.2, 0.25) is 0 Å². The second-order valence-corrected chi connectivity index (χ2v) is 5.38. The molecule has 0 spiro atoms. The highest BCUT2D eigenvalue weighted by Crippen LogP contribution is 2.12. The van der Waals surface area contributed by atoms with E-state index >= 15 is 0 Å². The van der Waals surface area contributed by atoms with Gasteiger partial charge in [0, 0.05) is 19.6 Å². The fourth-order valence-corrected chi connectivity index (χ4v) is 2.72. The van der Waals surface area contributed by atoms with Crippen LogP contribution in [0.1, 0.15) is 41.5 Å². The zero-order valence-corrected chi connectivity index (χ0v) is 17.9. The van der Waals surface area contributed by atoms with Crippen molar-refractivity contribution >= 4 is 5.96 Å². The molecule has 0 unspecified atom stereocenters. The first-order chi connectivity index (χ1) is 11.0. The van der Waals surface area contributed by atoms with E-state index in [4.69, 9.17) is 10.1 Å². The Labute approximate surface area is 159 Å². The molecule has 0 aliphatic carbocycles. The van der Waals surface area contributed by atoms with Gasteiger partial charge in [-0.25, -0.2) is 4.99 Å². The number of aliphatic imine (C=N–C) groups is 1. The topological polar surface area (TPSA) is 35.8 Å². The van der Waals surface area contributed by atoms with E-state index in [9.17, 15) is 0 Å². The van der Waals surface area contributed by atoms with Gasteiger partial charge in [0.1, 0.15) is 5.75 Å². The molecule has 24 heavy (non-hydrogen) atoms. The maximum absolute atomic E-state index is 8.63. The average molecular weight is 402 g/mol. The van der Waals surface area contributed by atoms with Crippen molar-refractivity contribution in [2.75, 3.05) is 39.3 Å². The lowest BCUT2D eigenvalue weighted by molar-refractivity contribution is -0.841. The van der Waals surface area contributed by atoms with Crippen LogP contribution in [0, 0.1) is 0 Å². The number of benzene rings is 1. The summed E-state index contributed by atoms with van der Waals surface area (Å²) in [6.45, 7) is 19.7. The fraction of sp³-hybridized carbons (Fsp3) is 0.632. The highest BCUT2D eigenvalue weighted by molar-refractivity contribution is 5.73. The van der Waals surface area contributed by atoms with Crippen LogP contribution in [0.4, 0.5) is 0 Å². The third-order valence-electron chi connectivity index (χ3n) is 4.34. The summed E-state index contributed by atoms with van der Waals surface area (Å²) in [5, 5.41) is 8.63. The number of hydrogen-bond acceptors (Lipinski definition) is 2. The van der Waals surface area contributed by atoms with Crippen molar-refractivity contribution < 1.29 is 26.6 Å². The van der Waals surface area contributed by atoms with Crippen LogP contribution in [0.2, 0.25) is 0 Å². The van der Waals surface area contributed by atoms with Crippen molar-refractivity contribution in [2.24, 2.45) is 4.99 Å². The van der Waals surface area contributed by atoms with Crippen LogP contribution in [-0.4, -0.2) is 59.7 Å². The quantitative estimate of drug-likeness (QED) is 0.438.